The number of benzene rings is 3. The van der Waals surface area contributed by atoms with Gasteiger partial charge in [-0.15, -0.1) is 0 Å². The van der Waals surface area contributed by atoms with Crippen molar-refractivity contribution in [3.63, 3.8) is 0 Å². The molecule has 0 aliphatic rings. The Bertz CT molecular complexity index is 1280. The van der Waals surface area contributed by atoms with E-state index < -0.39 is 23.6 Å². The van der Waals surface area contributed by atoms with Gasteiger partial charge in [0, 0.05) is 23.3 Å². The number of ether oxygens (including phenoxy) is 3. The van der Waals surface area contributed by atoms with Crippen LogP contribution < -0.4 is 9.47 Å². The Morgan fingerprint density at radius 3 is 2.15 bits per heavy atom. The van der Waals surface area contributed by atoms with E-state index in [1.165, 1.54) is 31.2 Å². The average molecular weight is 462 g/mol. The van der Waals surface area contributed by atoms with Crippen LogP contribution in [0.4, 0.5) is 8.78 Å². The molecule has 0 amide bonds. The van der Waals surface area contributed by atoms with Crippen LogP contribution in [0.2, 0.25) is 0 Å². The summed E-state index contributed by atoms with van der Waals surface area (Å²) in [7, 11) is 0. The fourth-order valence-electron chi connectivity index (χ4n) is 2.86. The molecular formula is C27H20F2O5. The molecule has 0 saturated heterocycles. The molecule has 34 heavy (non-hydrogen) atoms. The first-order valence-corrected chi connectivity index (χ1v) is 10.0. The Morgan fingerprint density at radius 2 is 1.53 bits per heavy atom. The smallest absolute Gasteiger partial charge is 0.338 e. The van der Waals surface area contributed by atoms with Gasteiger partial charge < -0.3 is 14.2 Å². The zero-order valence-electron chi connectivity index (χ0n) is 18.2. The van der Waals surface area contributed by atoms with Crippen LogP contribution >= 0.6 is 0 Å². The van der Waals surface area contributed by atoms with Crippen LogP contribution in [-0.2, 0) is 14.3 Å². The molecule has 0 radical (unpaired) electrons. The van der Waals surface area contributed by atoms with E-state index in [4.69, 9.17) is 14.2 Å². The monoisotopic (exact) mass is 462 g/mol. The standard InChI is InChI=1S/C27H20F2O5/c1-4-26(30)34-21-10-11-22(23(28)16-21)19-7-5-18(6-8-19)20-9-12-25(24(29)15-20)32-13-14-33-27(31)17(2)3/h4-16H,1-2H2,3H3/b14-13-. The summed E-state index contributed by atoms with van der Waals surface area (Å²) in [6, 6.07) is 15.3. The quantitative estimate of drug-likeness (QED) is 0.169. The number of esters is 2. The maximum absolute atomic E-state index is 14.5. The molecule has 0 heterocycles. The van der Waals surface area contributed by atoms with Gasteiger partial charge in [0.1, 0.15) is 24.1 Å². The van der Waals surface area contributed by atoms with Crippen molar-refractivity contribution >= 4 is 11.9 Å². The second kappa shape index (κ2) is 10.9. The van der Waals surface area contributed by atoms with E-state index in [0.29, 0.717) is 22.3 Å². The van der Waals surface area contributed by atoms with E-state index in [1.54, 1.807) is 30.3 Å². The number of carbonyl (C=O) groups excluding carboxylic acids is 2. The zero-order chi connectivity index (χ0) is 24.7. The second-order valence-electron chi connectivity index (χ2n) is 7.07. The van der Waals surface area contributed by atoms with Crippen LogP contribution in [0.3, 0.4) is 0 Å². The summed E-state index contributed by atoms with van der Waals surface area (Å²) in [6.07, 6.45) is 3.04. The summed E-state index contributed by atoms with van der Waals surface area (Å²) in [4.78, 5) is 22.5. The zero-order valence-corrected chi connectivity index (χ0v) is 18.2. The molecule has 3 aromatic rings. The van der Waals surface area contributed by atoms with E-state index in [9.17, 15) is 18.4 Å². The number of carbonyl (C=O) groups is 2. The van der Waals surface area contributed by atoms with Gasteiger partial charge in [-0.05, 0) is 47.9 Å². The molecule has 0 aliphatic carbocycles. The Labute approximate surface area is 195 Å². The first-order chi connectivity index (χ1) is 16.3. The highest BCUT2D eigenvalue weighted by molar-refractivity contribution is 5.87. The number of rotatable bonds is 8. The summed E-state index contributed by atoms with van der Waals surface area (Å²) in [5.41, 5.74) is 2.43. The molecule has 0 aliphatic heterocycles. The molecule has 0 saturated carbocycles. The van der Waals surface area contributed by atoms with Crippen LogP contribution in [-0.4, -0.2) is 11.9 Å². The molecule has 0 bridgehead atoms. The lowest BCUT2D eigenvalue weighted by Crippen LogP contribution is -2.03. The van der Waals surface area contributed by atoms with Gasteiger partial charge in [0.05, 0.1) is 0 Å². The summed E-state index contributed by atoms with van der Waals surface area (Å²) in [5, 5.41) is 0. The molecule has 3 rings (SSSR count). The van der Waals surface area contributed by atoms with Crippen molar-refractivity contribution < 1.29 is 32.6 Å². The molecule has 0 atom stereocenters. The minimum Gasteiger partial charge on any atom is -0.459 e. The van der Waals surface area contributed by atoms with Gasteiger partial charge in [-0.2, -0.15) is 0 Å². The van der Waals surface area contributed by atoms with Gasteiger partial charge in [0.2, 0.25) is 0 Å². The van der Waals surface area contributed by atoms with E-state index in [-0.39, 0.29) is 17.1 Å². The van der Waals surface area contributed by atoms with E-state index in [1.807, 2.05) is 0 Å². The number of halogens is 2. The predicted octanol–water partition coefficient (Wildman–Crippen LogP) is 6.36. The fraction of sp³-hybridized carbons (Fsp3) is 0.0370. The van der Waals surface area contributed by atoms with Gasteiger partial charge >= 0.3 is 11.9 Å². The van der Waals surface area contributed by atoms with Crippen LogP contribution in [0, 0.1) is 11.6 Å². The molecule has 3 aromatic carbocycles. The second-order valence-corrected chi connectivity index (χ2v) is 7.07. The number of hydrogen-bond donors (Lipinski definition) is 0. The summed E-state index contributed by atoms with van der Waals surface area (Å²) < 4.78 is 43.7. The molecule has 0 fully saturated rings. The molecule has 0 aromatic heterocycles. The summed E-state index contributed by atoms with van der Waals surface area (Å²) in [5.74, 6) is -2.45. The predicted molar refractivity (Wildman–Crippen MR) is 124 cm³/mol. The Morgan fingerprint density at radius 1 is 0.853 bits per heavy atom. The lowest BCUT2D eigenvalue weighted by Gasteiger charge is -2.09. The van der Waals surface area contributed by atoms with Crippen molar-refractivity contribution in [1.29, 1.82) is 0 Å². The first kappa shape index (κ1) is 24.1. The van der Waals surface area contributed by atoms with E-state index in [0.717, 1.165) is 24.7 Å². The van der Waals surface area contributed by atoms with Crippen molar-refractivity contribution in [1.82, 2.24) is 0 Å². The minimum absolute atomic E-state index is 0.0534. The summed E-state index contributed by atoms with van der Waals surface area (Å²) >= 11 is 0. The van der Waals surface area contributed by atoms with E-state index in [2.05, 4.69) is 13.2 Å². The van der Waals surface area contributed by atoms with Crippen LogP contribution in [0.25, 0.3) is 22.3 Å². The lowest BCUT2D eigenvalue weighted by molar-refractivity contribution is -0.133. The third-order valence-electron chi connectivity index (χ3n) is 4.56. The van der Waals surface area contributed by atoms with Gasteiger partial charge in [-0.25, -0.2) is 18.4 Å². The van der Waals surface area contributed by atoms with Gasteiger partial charge in [-0.3, -0.25) is 0 Å². The largest absolute Gasteiger partial charge is 0.459 e. The first-order valence-electron chi connectivity index (χ1n) is 10.0. The highest BCUT2D eigenvalue weighted by Gasteiger charge is 2.10. The van der Waals surface area contributed by atoms with Gasteiger partial charge in [0.15, 0.2) is 11.6 Å². The summed E-state index contributed by atoms with van der Waals surface area (Å²) in [6.45, 7) is 8.23. The van der Waals surface area contributed by atoms with Crippen molar-refractivity contribution in [3.8, 4) is 33.8 Å². The lowest BCUT2D eigenvalue weighted by atomic mass is 10.00. The normalized spacial score (nSPS) is 10.6. The third kappa shape index (κ3) is 6.04. The molecule has 7 heteroatoms. The van der Waals surface area contributed by atoms with Crippen molar-refractivity contribution in [3.05, 3.63) is 110 Å². The van der Waals surface area contributed by atoms with Gasteiger partial charge in [0.25, 0.3) is 0 Å². The highest BCUT2D eigenvalue weighted by Crippen LogP contribution is 2.30. The Kier molecular flexibility index (Phi) is 7.71. The molecule has 0 N–H and O–H groups in total. The topological polar surface area (TPSA) is 61.8 Å². The maximum atomic E-state index is 14.5. The SMILES string of the molecule is C=CC(=O)Oc1ccc(-c2ccc(-c3ccc(O/C=C\OC(=O)C(=C)C)c(F)c3)cc2)c(F)c1. The van der Waals surface area contributed by atoms with Crippen LogP contribution in [0.1, 0.15) is 6.92 Å². The Hall–Kier alpha value is -4.52. The third-order valence-corrected chi connectivity index (χ3v) is 4.56. The minimum atomic E-state index is -0.678. The Balaban J connectivity index is 1.71. The van der Waals surface area contributed by atoms with Crippen molar-refractivity contribution in [2.75, 3.05) is 0 Å². The van der Waals surface area contributed by atoms with Crippen LogP contribution in [0.15, 0.2) is 98.0 Å². The molecule has 172 valence electrons. The highest BCUT2D eigenvalue weighted by atomic mass is 19.1. The maximum Gasteiger partial charge on any atom is 0.338 e. The van der Waals surface area contributed by atoms with E-state index >= 15 is 0 Å². The van der Waals surface area contributed by atoms with Crippen LogP contribution in [0.5, 0.6) is 11.5 Å². The van der Waals surface area contributed by atoms with Crippen molar-refractivity contribution in [2.45, 2.75) is 6.92 Å². The number of hydrogen-bond acceptors (Lipinski definition) is 5. The average Bonchev–Trinajstić information content (AvgIpc) is 2.82. The molecule has 0 spiro atoms. The molecule has 5 nitrogen and oxygen atoms in total. The molecular weight excluding hydrogens is 442 g/mol. The fourth-order valence-corrected chi connectivity index (χ4v) is 2.86. The van der Waals surface area contributed by atoms with Gasteiger partial charge in [-0.1, -0.05) is 43.5 Å². The molecule has 0 unspecified atom stereocenters. The van der Waals surface area contributed by atoms with Crippen molar-refractivity contribution in [2.24, 2.45) is 0 Å².